The van der Waals surface area contributed by atoms with Crippen LogP contribution in [0.1, 0.15) is 80.0 Å². The van der Waals surface area contributed by atoms with Crippen molar-refractivity contribution in [3.05, 3.63) is 39.5 Å². The fraction of sp³-hybridized carbons (Fsp3) is 0.615. The van der Waals surface area contributed by atoms with Crippen LogP contribution in [0.2, 0.25) is 0 Å². The molecule has 1 aromatic carbocycles. The molecule has 2 aliphatic rings. The summed E-state index contributed by atoms with van der Waals surface area (Å²) in [5.74, 6) is -0.0247. The molecule has 0 spiro atoms. The van der Waals surface area contributed by atoms with Gasteiger partial charge in [0.1, 0.15) is 0 Å². The summed E-state index contributed by atoms with van der Waals surface area (Å²) in [6.45, 7) is 13.9. The number of fused-ring (bicyclic) bond motifs is 1. The van der Waals surface area contributed by atoms with Gasteiger partial charge in [0.15, 0.2) is 6.10 Å². The van der Waals surface area contributed by atoms with Crippen molar-refractivity contribution >= 4 is 18.1 Å². The highest BCUT2D eigenvalue weighted by Gasteiger charge is 2.36. The Hall–Kier alpha value is -2.38. The Morgan fingerprint density at radius 3 is 2.30 bits per heavy atom. The standard InChI is InChI=1S/C26H37NO6/c1-7-32-24(28)23(33-26(4,5)6)22-17(3)21-15-27(25(29)30)14-20(21)16(2)19(22)9-8-18-10-12-31-13-11-18/h8-9,18,23H,7,10-15H2,1-6H3,(H,29,30)/b9-8+. The predicted molar refractivity (Wildman–Crippen MR) is 126 cm³/mol. The van der Waals surface area contributed by atoms with Crippen LogP contribution in [0.5, 0.6) is 0 Å². The molecule has 182 valence electrons. The largest absolute Gasteiger partial charge is 0.465 e. The number of carboxylic acid groups (broad SMARTS) is 1. The average molecular weight is 460 g/mol. The van der Waals surface area contributed by atoms with Crippen LogP contribution >= 0.6 is 0 Å². The lowest BCUT2D eigenvalue weighted by atomic mass is 9.85. The number of rotatable bonds is 6. The summed E-state index contributed by atoms with van der Waals surface area (Å²) in [6, 6.07) is 0. The number of benzene rings is 1. The Bertz CT molecular complexity index is 924. The third kappa shape index (κ3) is 5.76. The van der Waals surface area contributed by atoms with Gasteiger partial charge in [0.2, 0.25) is 0 Å². The van der Waals surface area contributed by atoms with E-state index >= 15 is 0 Å². The minimum Gasteiger partial charge on any atom is -0.465 e. The van der Waals surface area contributed by atoms with Gasteiger partial charge in [0, 0.05) is 31.9 Å². The SMILES string of the molecule is CCOC(=O)C(OC(C)(C)C)c1c(C)c2c(c(C)c1/C=C/C1CCOCC1)CN(C(=O)O)C2. The van der Waals surface area contributed by atoms with Gasteiger partial charge in [0.25, 0.3) is 0 Å². The predicted octanol–water partition coefficient (Wildman–Crippen LogP) is 5.16. The zero-order valence-electron chi connectivity index (χ0n) is 20.7. The zero-order valence-corrected chi connectivity index (χ0v) is 20.7. The van der Waals surface area contributed by atoms with Gasteiger partial charge in [-0.1, -0.05) is 12.2 Å². The third-order valence-electron chi connectivity index (χ3n) is 6.37. The van der Waals surface area contributed by atoms with Gasteiger partial charge in [0.05, 0.1) is 12.2 Å². The summed E-state index contributed by atoms with van der Waals surface area (Å²) in [5.41, 5.74) is 4.98. The van der Waals surface area contributed by atoms with E-state index in [4.69, 9.17) is 14.2 Å². The van der Waals surface area contributed by atoms with Crippen LogP contribution in [0, 0.1) is 19.8 Å². The molecule has 0 aliphatic carbocycles. The molecule has 3 rings (SSSR count). The first kappa shape index (κ1) is 25.2. The number of hydrogen-bond acceptors (Lipinski definition) is 5. The molecule has 2 aliphatic heterocycles. The lowest BCUT2D eigenvalue weighted by Gasteiger charge is -2.30. The number of carbonyl (C=O) groups is 2. The maximum absolute atomic E-state index is 13.1. The van der Waals surface area contributed by atoms with Gasteiger partial charge >= 0.3 is 12.1 Å². The first-order valence-electron chi connectivity index (χ1n) is 11.8. The van der Waals surface area contributed by atoms with E-state index in [9.17, 15) is 14.7 Å². The van der Waals surface area contributed by atoms with Crippen LogP contribution in [0.3, 0.4) is 0 Å². The van der Waals surface area contributed by atoms with Crippen molar-refractivity contribution in [1.82, 2.24) is 4.90 Å². The summed E-state index contributed by atoms with van der Waals surface area (Å²) >= 11 is 0. The zero-order chi connectivity index (χ0) is 24.3. The van der Waals surface area contributed by atoms with Crippen LogP contribution in [0.15, 0.2) is 6.08 Å². The minimum atomic E-state index is -0.946. The summed E-state index contributed by atoms with van der Waals surface area (Å²) in [7, 11) is 0. The molecule has 1 saturated heterocycles. The molecule has 7 nitrogen and oxygen atoms in total. The van der Waals surface area contributed by atoms with Gasteiger partial charge < -0.3 is 19.3 Å². The molecule has 1 atom stereocenters. The van der Waals surface area contributed by atoms with Crippen LogP contribution in [0.25, 0.3) is 6.08 Å². The van der Waals surface area contributed by atoms with Gasteiger partial charge in [-0.05, 0) is 88.1 Å². The van der Waals surface area contributed by atoms with E-state index in [-0.39, 0.29) is 6.61 Å². The smallest absolute Gasteiger partial charge is 0.407 e. The number of nitrogens with zero attached hydrogens (tertiary/aromatic N) is 1. The number of allylic oxidation sites excluding steroid dienone is 1. The molecule has 7 heteroatoms. The third-order valence-corrected chi connectivity index (χ3v) is 6.37. The molecular weight excluding hydrogens is 422 g/mol. The van der Waals surface area contributed by atoms with E-state index in [0.29, 0.717) is 19.0 Å². The Kier molecular flexibility index (Phi) is 7.85. The van der Waals surface area contributed by atoms with Gasteiger partial charge in [-0.2, -0.15) is 0 Å². The van der Waals surface area contributed by atoms with Crippen LogP contribution in [-0.2, 0) is 32.1 Å². The van der Waals surface area contributed by atoms with Crippen molar-refractivity contribution in [2.45, 2.75) is 79.2 Å². The summed E-state index contributed by atoms with van der Waals surface area (Å²) in [6.07, 6.45) is 4.36. The number of amides is 1. The molecule has 0 bridgehead atoms. The Morgan fingerprint density at radius 2 is 1.76 bits per heavy atom. The van der Waals surface area contributed by atoms with Crippen LogP contribution in [-0.4, -0.2) is 47.5 Å². The molecule has 33 heavy (non-hydrogen) atoms. The summed E-state index contributed by atoms with van der Waals surface area (Å²) < 4.78 is 17.2. The quantitative estimate of drug-likeness (QED) is 0.592. The van der Waals surface area contributed by atoms with Gasteiger partial charge in [-0.3, -0.25) is 4.90 Å². The number of carbonyl (C=O) groups excluding carboxylic acids is 1. The topological polar surface area (TPSA) is 85.3 Å². The van der Waals surface area contributed by atoms with Crippen molar-refractivity contribution in [1.29, 1.82) is 0 Å². The van der Waals surface area contributed by atoms with Gasteiger partial charge in [-0.25, -0.2) is 9.59 Å². The monoisotopic (exact) mass is 459 g/mol. The van der Waals surface area contributed by atoms with E-state index in [1.165, 1.54) is 4.90 Å². The number of hydrogen-bond donors (Lipinski definition) is 1. The fourth-order valence-corrected chi connectivity index (χ4v) is 4.67. The average Bonchev–Trinajstić information content (AvgIpc) is 3.21. The Morgan fingerprint density at radius 1 is 1.15 bits per heavy atom. The highest BCUT2D eigenvalue weighted by molar-refractivity contribution is 5.81. The number of esters is 1. The molecule has 1 unspecified atom stereocenters. The Balaban J connectivity index is 2.17. The van der Waals surface area contributed by atoms with E-state index in [1.807, 2.05) is 34.6 Å². The van der Waals surface area contributed by atoms with Crippen LogP contribution in [0.4, 0.5) is 4.79 Å². The lowest BCUT2D eigenvalue weighted by Crippen LogP contribution is -2.30. The molecule has 0 radical (unpaired) electrons. The summed E-state index contributed by atoms with van der Waals surface area (Å²) in [4.78, 5) is 26.2. The normalized spacial score (nSPS) is 17.9. The highest BCUT2D eigenvalue weighted by atomic mass is 16.6. The molecule has 1 N–H and O–H groups in total. The molecule has 1 fully saturated rings. The fourth-order valence-electron chi connectivity index (χ4n) is 4.67. The van der Waals surface area contributed by atoms with E-state index in [0.717, 1.165) is 59.4 Å². The molecule has 0 aromatic heterocycles. The maximum atomic E-state index is 13.1. The highest BCUT2D eigenvalue weighted by Crippen LogP contribution is 2.40. The molecule has 0 saturated carbocycles. The lowest BCUT2D eigenvalue weighted by molar-refractivity contribution is -0.166. The minimum absolute atomic E-state index is 0.256. The second kappa shape index (κ2) is 10.3. The molecule has 1 amide bonds. The van der Waals surface area contributed by atoms with Crippen molar-refractivity contribution in [3.8, 4) is 0 Å². The van der Waals surface area contributed by atoms with E-state index in [1.54, 1.807) is 6.92 Å². The molecule has 2 heterocycles. The van der Waals surface area contributed by atoms with Gasteiger partial charge in [-0.15, -0.1) is 0 Å². The molecule has 1 aromatic rings. The van der Waals surface area contributed by atoms with E-state index in [2.05, 4.69) is 12.2 Å². The number of ether oxygens (including phenoxy) is 3. The van der Waals surface area contributed by atoms with E-state index < -0.39 is 23.8 Å². The first-order valence-corrected chi connectivity index (χ1v) is 11.8. The molecular formula is C26H37NO6. The summed E-state index contributed by atoms with van der Waals surface area (Å²) in [5, 5.41) is 9.60. The second-order valence-corrected chi connectivity index (χ2v) is 9.84. The van der Waals surface area contributed by atoms with Crippen molar-refractivity contribution < 1.29 is 28.9 Å². The second-order valence-electron chi connectivity index (χ2n) is 9.84. The van der Waals surface area contributed by atoms with Crippen molar-refractivity contribution in [2.24, 2.45) is 5.92 Å². The Labute approximate surface area is 196 Å². The maximum Gasteiger partial charge on any atom is 0.407 e. The van der Waals surface area contributed by atoms with Crippen molar-refractivity contribution in [2.75, 3.05) is 19.8 Å². The first-order chi connectivity index (χ1) is 15.5. The van der Waals surface area contributed by atoms with Crippen molar-refractivity contribution in [3.63, 3.8) is 0 Å². The van der Waals surface area contributed by atoms with Crippen LogP contribution < -0.4 is 0 Å².